The molecule has 210 valence electrons. The maximum atomic E-state index is 13.1. The Balaban J connectivity index is 1.54. The zero-order chi connectivity index (χ0) is 28.4. The monoisotopic (exact) mass is 581 g/mol. The highest BCUT2D eigenvalue weighted by molar-refractivity contribution is 7.92. The number of hydrogen-bond donors (Lipinski definition) is 1. The lowest BCUT2D eigenvalue weighted by Crippen LogP contribution is -2.44. The van der Waals surface area contributed by atoms with E-state index >= 15 is 0 Å². The van der Waals surface area contributed by atoms with Gasteiger partial charge in [-0.05, 0) is 30.7 Å². The Morgan fingerprint density at radius 1 is 1.00 bits per heavy atom. The number of halogens is 1. The number of aromatic nitrogens is 4. The summed E-state index contributed by atoms with van der Waals surface area (Å²) in [5.74, 6) is 0.660. The molecule has 1 N–H and O–H groups in total. The third-order valence-electron chi connectivity index (χ3n) is 6.78. The number of nitrogens with one attached hydrogen (secondary N) is 1. The minimum atomic E-state index is -3.99. The summed E-state index contributed by atoms with van der Waals surface area (Å²) in [5, 5.41) is 4.43. The fraction of sp³-hybridized carbons (Fsp3) is 0.321. The molecule has 0 radical (unpaired) electrons. The van der Waals surface area contributed by atoms with Crippen LogP contribution in [0.5, 0.6) is 11.6 Å². The van der Waals surface area contributed by atoms with Crippen LogP contribution in [0.1, 0.15) is 25.3 Å². The molecule has 10 nitrogen and oxygen atoms in total. The first-order valence-electron chi connectivity index (χ1n) is 13.0. The molecule has 0 atom stereocenters. The topological polar surface area (TPSA) is 105 Å². The fourth-order valence-corrected chi connectivity index (χ4v) is 5.80. The van der Waals surface area contributed by atoms with Crippen LogP contribution in [0.2, 0.25) is 5.02 Å². The van der Waals surface area contributed by atoms with Crippen LogP contribution < -0.4 is 14.4 Å². The second kappa shape index (κ2) is 11.4. The molecule has 0 spiro atoms. The third kappa shape index (κ3) is 6.06. The predicted octanol–water partition coefficient (Wildman–Crippen LogP) is 5.00. The normalized spacial score (nSPS) is 14.5. The first-order chi connectivity index (χ1) is 19.1. The van der Waals surface area contributed by atoms with Crippen molar-refractivity contribution in [2.24, 2.45) is 7.05 Å². The average Bonchev–Trinajstić information content (AvgIpc) is 3.37. The Labute approximate surface area is 239 Å². The van der Waals surface area contributed by atoms with Crippen LogP contribution in [0, 0.1) is 0 Å². The summed E-state index contributed by atoms with van der Waals surface area (Å²) in [6, 6.07) is 15.2. The zero-order valence-corrected chi connectivity index (χ0v) is 24.4. The van der Waals surface area contributed by atoms with Gasteiger partial charge in [0.05, 0.1) is 17.6 Å². The van der Waals surface area contributed by atoms with E-state index < -0.39 is 10.0 Å². The van der Waals surface area contributed by atoms with Crippen molar-refractivity contribution in [2.45, 2.75) is 24.7 Å². The third-order valence-corrected chi connectivity index (χ3v) is 8.44. The number of piperazine rings is 1. The molecule has 1 aliphatic rings. The van der Waals surface area contributed by atoms with Crippen molar-refractivity contribution >= 4 is 33.3 Å². The molecule has 4 aromatic rings. The van der Waals surface area contributed by atoms with E-state index in [1.54, 1.807) is 19.2 Å². The lowest BCUT2D eigenvalue weighted by atomic mass is 9.95. The number of aryl methyl sites for hydroxylation is 1. The summed E-state index contributed by atoms with van der Waals surface area (Å²) in [7, 11) is -0.248. The van der Waals surface area contributed by atoms with Crippen LogP contribution in [0.25, 0.3) is 11.3 Å². The van der Waals surface area contributed by atoms with Gasteiger partial charge in [0.15, 0.2) is 0 Å². The number of sulfonamides is 1. The summed E-state index contributed by atoms with van der Waals surface area (Å²) in [6.07, 6.45) is 2.67. The smallest absolute Gasteiger partial charge is 0.267 e. The summed E-state index contributed by atoms with van der Waals surface area (Å²) >= 11 is 6.84. The van der Waals surface area contributed by atoms with Crippen molar-refractivity contribution in [3.05, 3.63) is 71.5 Å². The second-order valence-corrected chi connectivity index (χ2v) is 12.2. The number of anilines is 2. The summed E-state index contributed by atoms with van der Waals surface area (Å²) in [5.41, 5.74) is 3.31. The van der Waals surface area contributed by atoms with Gasteiger partial charge in [0.1, 0.15) is 15.7 Å². The summed E-state index contributed by atoms with van der Waals surface area (Å²) in [4.78, 5) is 13.5. The van der Waals surface area contributed by atoms with Gasteiger partial charge in [0.25, 0.3) is 10.0 Å². The number of ether oxygens (including phenoxy) is 1. The van der Waals surface area contributed by atoms with Gasteiger partial charge >= 0.3 is 0 Å². The van der Waals surface area contributed by atoms with Crippen molar-refractivity contribution in [3.63, 3.8) is 0 Å². The van der Waals surface area contributed by atoms with Crippen molar-refractivity contribution in [2.75, 3.05) is 42.8 Å². The zero-order valence-electron chi connectivity index (χ0n) is 22.9. The van der Waals surface area contributed by atoms with Crippen LogP contribution >= 0.6 is 11.6 Å². The van der Waals surface area contributed by atoms with Gasteiger partial charge in [0, 0.05) is 51.1 Å². The number of likely N-dealkylation sites (N-methyl/N-ethyl adjacent to an activating group) is 1. The Hall–Kier alpha value is -3.67. The van der Waals surface area contributed by atoms with E-state index in [2.05, 4.69) is 50.5 Å². The van der Waals surface area contributed by atoms with Gasteiger partial charge in [0.2, 0.25) is 11.8 Å². The van der Waals surface area contributed by atoms with Crippen LogP contribution in [-0.4, -0.2) is 66.3 Å². The molecule has 1 aliphatic heterocycles. The molecule has 0 amide bonds. The van der Waals surface area contributed by atoms with E-state index in [9.17, 15) is 8.42 Å². The molecular weight excluding hydrogens is 550 g/mol. The van der Waals surface area contributed by atoms with Gasteiger partial charge in [-0.3, -0.25) is 4.68 Å². The van der Waals surface area contributed by atoms with Crippen LogP contribution in [0.3, 0.4) is 0 Å². The highest BCUT2D eigenvalue weighted by Gasteiger charge is 2.22. The quantitative estimate of drug-likeness (QED) is 0.310. The highest BCUT2D eigenvalue weighted by Crippen LogP contribution is 2.38. The van der Waals surface area contributed by atoms with Gasteiger partial charge in [-0.2, -0.15) is 10.1 Å². The van der Waals surface area contributed by atoms with Crippen molar-refractivity contribution in [1.29, 1.82) is 0 Å². The van der Waals surface area contributed by atoms with Crippen LogP contribution in [0.4, 0.5) is 11.6 Å². The first-order valence-corrected chi connectivity index (χ1v) is 14.9. The van der Waals surface area contributed by atoms with Crippen LogP contribution in [-0.2, 0) is 17.1 Å². The molecule has 0 unspecified atom stereocenters. The van der Waals surface area contributed by atoms with E-state index in [-0.39, 0.29) is 22.6 Å². The van der Waals surface area contributed by atoms with E-state index in [0.29, 0.717) is 16.5 Å². The van der Waals surface area contributed by atoms with E-state index in [1.807, 2.05) is 36.4 Å². The maximum absolute atomic E-state index is 13.1. The Morgan fingerprint density at radius 2 is 1.75 bits per heavy atom. The predicted molar refractivity (Wildman–Crippen MR) is 157 cm³/mol. The second-order valence-electron chi connectivity index (χ2n) is 10.1. The standard InChI is InChI=1S/C28H32ClN7O3S/c1-19(2)21-8-5-6-9-22(21)23-16-26(32-28(31-23)33-40(37,38)20-17-30-35(4)18-20)39-25-11-7-10-24(27(25)29)36-14-12-34(3)13-15-36/h5-11,16-19H,12-15H2,1-4H3,(H,31,32,33). The molecule has 2 aromatic heterocycles. The Kier molecular flexibility index (Phi) is 7.97. The minimum absolute atomic E-state index is 0.00280. The molecule has 12 heteroatoms. The summed E-state index contributed by atoms with van der Waals surface area (Å²) in [6.45, 7) is 7.76. The molecule has 0 bridgehead atoms. The molecule has 40 heavy (non-hydrogen) atoms. The highest BCUT2D eigenvalue weighted by atomic mass is 35.5. The maximum Gasteiger partial charge on any atom is 0.267 e. The van der Waals surface area contributed by atoms with Gasteiger partial charge in [-0.15, -0.1) is 0 Å². The lowest BCUT2D eigenvalue weighted by molar-refractivity contribution is 0.313. The molecular formula is C28H32ClN7O3S. The van der Waals surface area contributed by atoms with Crippen molar-refractivity contribution < 1.29 is 13.2 Å². The molecule has 0 saturated carbocycles. The largest absolute Gasteiger partial charge is 0.437 e. The molecule has 1 fully saturated rings. The Morgan fingerprint density at radius 3 is 2.45 bits per heavy atom. The van der Waals surface area contributed by atoms with E-state index in [0.717, 1.165) is 43.0 Å². The first kappa shape index (κ1) is 27.9. The van der Waals surface area contributed by atoms with E-state index in [4.69, 9.17) is 16.3 Å². The SMILES string of the molecule is CC(C)c1ccccc1-c1cc(Oc2cccc(N3CCN(C)CC3)c2Cl)nc(NS(=O)(=O)c2cnn(C)c2)n1. The lowest BCUT2D eigenvalue weighted by Gasteiger charge is -2.34. The molecule has 1 saturated heterocycles. The van der Waals surface area contributed by atoms with E-state index in [1.165, 1.54) is 17.1 Å². The van der Waals surface area contributed by atoms with Crippen molar-refractivity contribution in [1.82, 2.24) is 24.6 Å². The van der Waals surface area contributed by atoms with Crippen LogP contribution in [0.15, 0.2) is 65.8 Å². The van der Waals surface area contributed by atoms with Gasteiger partial charge < -0.3 is 14.5 Å². The number of hydrogen-bond acceptors (Lipinski definition) is 8. The minimum Gasteiger partial charge on any atom is -0.437 e. The number of benzene rings is 2. The summed E-state index contributed by atoms with van der Waals surface area (Å²) < 4.78 is 36.3. The molecule has 2 aromatic carbocycles. The fourth-order valence-electron chi connectivity index (χ4n) is 4.59. The average molecular weight is 582 g/mol. The van der Waals surface area contributed by atoms with Gasteiger partial charge in [-0.25, -0.2) is 18.1 Å². The Bertz CT molecular complexity index is 1620. The molecule has 3 heterocycles. The molecule has 0 aliphatic carbocycles. The number of nitrogens with zero attached hydrogens (tertiary/aromatic N) is 6. The number of rotatable bonds is 8. The van der Waals surface area contributed by atoms with Gasteiger partial charge in [-0.1, -0.05) is 55.8 Å². The molecule has 5 rings (SSSR count). The van der Waals surface area contributed by atoms with Crippen molar-refractivity contribution in [3.8, 4) is 22.9 Å².